The number of halogens is 1. The second-order valence-electron chi connectivity index (χ2n) is 6.16. The molecule has 2 fully saturated rings. The van der Waals surface area contributed by atoms with Crippen LogP contribution in [-0.2, 0) is 19.4 Å². The van der Waals surface area contributed by atoms with Crippen molar-refractivity contribution in [2.45, 2.75) is 30.6 Å². The monoisotopic (exact) mass is 399 g/mol. The van der Waals surface area contributed by atoms with Crippen LogP contribution in [0.3, 0.4) is 0 Å². The third kappa shape index (κ3) is 4.24. The van der Waals surface area contributed by atoms with Crippen LogP contribution < -0.4 is 10.0 Å². The molecule has 0 radical (unpaired) electrons. The van der Waals surface area contributed by atoms with Gasteiger partial charge in [0, 0.05) is 23.3 Å². The molecule has 140 valence electrons. The van der Waals surface area contributed by atoms with Crippen molar-refractivity contribution < 1.29 is 27.5 Å². The van der Waals surface area contributed by atoms with Gasteiger partial charge in [-0.3, -0.25) is 4.79 Å². The molecule has 7 nitrogen and oxygen atoms in total. The molecule has 2 saturated heterocycles. The van der Waals surface area contributed by atoms with Crippen molar-refractivity contribution in [3.05, 3.63) is 30.1 Å². The predicted octanol–water partition coefficient (Wildman–Crippen LogP) is 0.347. The van der Waals surface area contributed by atoms with E-state index in [1.165, 1.54) is 30.0 Å². The van der Waals surface area contributed by atoms with Gasteiger partial charge in [0.1, 0.15) is 5.82 Å². The van der Waals surface area contributed by atoms with Crippen LogP contribution in [0.1, 0.15) is 19.3 Å². The quantitative estimate of drug-likeness (QED) is 0.703. The summed E-state index contributed by atoms with van der Waals surface area (Å²) in [4.78, 5) is 28.1. The maximum Gasteiger partial charge on any atom is 0.248 e. The van der Waals surface area contributed by atoms with Crippen LogP contribution in [0.5, 0.6) is 0 Å². The molecule has 2 atom stereocenters. The fourth-order valence-electron chi connectivity index (χ4n) is 3.04. The first kappa shape index (κ1) is 18.8. The zero-order valence-corrected chi connectivity index (χ0v) is 15.3. The van der Waals surface area contributed by atoms with E-state index in [1.807, 2.05) is 0 Å². The Kier molecular flexibility index (Phi) is 5.33. The number of sulfone groups is 1. The average Bonchev–Trinajstić information content (AvgIpc) is 2.97. The van der Waals surface area contributed by atoms with Crippen molar-refractivity contribution in [1.29, 1.82) is 0 Å². The Labute approximate surface area is 154 Å². The van der Waals surface area contributed by atoms with E-state index in [0.29, 0.717) is 10.9 Å². The molecule has 1 amide bonds. The van der Waals surface area contributed by atoms with E-state index in [2.05, 4.69) is 4.99 Å². The maximum absolute atomic E-state index is 13.6. The molecule has 2 heterocycles. The van der Waals surface area contributed by atoms with Crippen molar-refractivity contribution in [2.75, 3.05) is 16.4 Å². The summed E-state index contributed by atoms with van der Waals surface area (Å²) in [5, 5.41) is 10.5. The lowest BCUT2D eigenvalue weighted by atomic mass is 10.2. The number of amides is 1. The van der Waals surface area contributed by atoms with E-state index in [-0.39, 0.29) is 36.0 Å². The van der Waals surface area contributed by atoms with Crippen molar-refractivity contribution in [1.82, 2.24) is 0 Å². The first-order valence-electron chi connectivity index (χ1n) is 7.98. The third-order valence-corrected chi connectivity index (χ3v) is 7.35. The Morgan fingerprint density at radius 2 is 2.08 bits per heavy atom. The minimum absolute atomic E-state index is 0.0218. The van der Waals surface area contributed by atoms with Crippen LogP contribution in [0.15, 0.2) is 29.3 Å². The molecule has 3 rings (SSSR count). The highest BCUT2D eigenvalue weighted by Crippen LogP contribution is 2.41. The highest BCUT2D eigenvalue weighted by Gasteiger charge is 2.49. The Balaban J connectivity index is 1.85. The minimum atomic E-state index is -3.20. The molecule has 0 unspecified atom stereocenters. The number of hydrogen-bond acceptors (Lipinski definition) is 6. The molecule has 0 aliphatic carbocycles. The van der Waals surface area contributed by atoms with E-state index in [4.69, 9.17) is 0 Å². The van der Waals surface area contributed by atoms with E-state index in [0.717, 1.165) is 0 Å². The number of rotatable bonds is 5. The number of thioether (sulfide) groups is 1. The largest absolute Gasteiger partial charge is 0.550 e. The number of carboxylic acids is 1. The number of carbonyl (C=O) groups excluding carboxylic acids is 2. The molecule has 26 heavy (non-hydrogen) atoms. The van der Waals surface area contributed by atoms with Gasteiger partial charge in [-0.25, -0.2) is 12.8 Å². The van der Waals surface area contributed by atoms with Gasteiger partial charge in [0.2, 0.25) is 5.91 Å². The molecule has 0 bridgehead atoms. The van der Waals surface area contributed by atoms with E-state index in [9.17, 15) is 27.5 Å². The molecular formula is C16H16FN2O5S2-. The van der Waals surface area contributed by atoms with Gasteiger partial charge in [0.15, 0.2) is 15.0 Å². The fourth-order valence-corrected chi connectivity index (χ4v) is 6.97. The minimum Gasteiger partial charge on any atom is -0.550 e. The summed E-state index contributed by atoms with van der Waals surface area (Å²) in [6.07, 6.45) is -0.173. The summed E-state index contributed by atoms with van der Waals surface area (Å²) in [6.45, 7) is 0. The van der Waals surface area contributed by atoms with Crippen LogP contribution in [0.2, 0.25) is 0 Å². The summed E-state index contributed by atoms with van der Waals surface area (Å²) >= 11 is 1.19. The zero-order chi connectivity index (χ0) is 18.9. The fraction of sp³-hybridized carbons (Fsp3) is 0.438. The van der Waals surface area contributed by atoms with Gasteiger partial charge in [-0.05, 0) is 31.0 Å². The first-order valence-corrected chi connectivity index (χ1v) is 10.7. The maximum atomic E-state index is 13.6. The van der Waals surface area contributed by atoms with Gasteiger partial charge in [0.25, 0.3) is 0 Å². The lowest BCUT2D eigenvalue weighted by Crippen LogP contribution is -2.37. The highest BCUT2D eigenvalue weighted by atomic mass is 32.2. The summed E-state index contributed by atoms with van der Waals surface area (Å²) in [5.74, 6) is -2.32. The number of nitrogens with zero attached hydrogens (tertiary/aromatic N) is 2. The summed E-state index contributed by atoms with van der Waals surface area (Å²) in [7, 11) is -3.20. The van der Waals surface area contributed by atoms with Gasteiger partial charge in [-0.2, -0.15) is 4.99 Å². The van der Waals surface area contributed by atoms with Crippen LogP contribution in [-0.4, -0.2) is 48.3 Å². The normalized spacial score (nSPS) is 25.4. The molecule has 0 aromatic heterocycles. The molecular weight excluding hydrogens is 383 g/mol. The summed E-state index contributed by atoms with van der Waals surface area (Å²) < 4.78 is 37.5. The highest BCUT2D eigenvalue weighted by molar-refractivity contribution is 8.16. The molecule has 1 aromatic carbocycles. The number of aliphatic carboxylic acids is 1. The standard InChI is InChI=1S/C16H17FN2O5S2/c17-10-3-1-4-11(7-10)19-12-8-26(23,24)9-13(12)25-16(19)18-14(20)5-2-6-15(21)22/h1,3-4,7,12-13H,2,5-6,8-9H2,(H,21,22)/p-1/t12-,13-/m0/s1. The van der Waals surface area contributed by atoms with Crippen LogP contribution in [0, 0.1) is 5.82 Å². The van der Waals surface area contributed by atoms with Crippen LogP contribution in [0.25, 0.3) is 0 Å². The molecule has 0 N–H and O–H groups in total. The van der Waals surface area contributed by atoms with Gasteiger partial charge in [0.05, 0.1) is 17.5 Å². The predicted molar refractivity (Wildman–Crippen MR) is 94.0 cm³/mol. The SMILES string of the molecule is O=C([O-])CCCC(=O)N=C1S[C@H]2CS(=O)(=O)C[C@@H]2N1c1cccc(F)c1. The van der Waals surface area contributed by atoms with E-state index >= 15 is 0 Å². The van der Waals surface area contributed by atoms with Crippen molar-refractivity contribution in [3.63, 3.8) is 0 Å². The Morgan fingerprint density at radius 3 is 2.77 bits per heavy atom. The Morgan fingerprint density at radius 1 is 1.31 bits per heavy atom. The number of carboxylic acid groups (broad SMARTS) is 1. The molecule has 0 saturated carbocycles. The molecule has 0 spiro atoms. The Bertz CT molecular complexity index is 871. The topological polar surface area (TPSA) is 107 Å². The summed E-state index contributed by atoms with van der Waals surface area (Å²) in [6, 6.07) is 5.27. The van der Waals surface area contributed by atoms with Crippen LogP contribution in [0.4, 0.5) is 10.1 Å². The number of anilines is 1. The number of hydrogen-bond donors (Lipinski definition) is 0. The number of fused-ring (bicyclic) bond motifs is 1. The van der Waals surface area contributed by atoms with Gasteiger partial charge >= 0.3 is 0 Å². The number of benzene rings is 1. The van der Waals surface area contributed by atoms with E-state index in [1.54, 1.807) is 11.0 Å². The zero-order valence-electron chi connectivity index (χ0n) is 13.6. The molecule has 2 aliphatic heterocycles. The van der Waals surface area contributed by atoms with Crippen molar-refractivity contribution >= 4 is 44.3 Å². The average molecular weight is 399 g/mol. The van der Waals surface area contributed by atoms with Crippen LogP contribution >= 0.6 is 11.8 Å². The lowest BCUT2D eigenvalue weighted by Gasteiger charge is -2.24. The molecule has 1 aromatic rings. The number of amidine groups is 1. The lowest BCUT2D eigenvalue weighted by molar-refractivity contribution is -0.305. The van der Waals surface area contributed by atoms with Crippen molar-refractivity contribution in [2.24, 2.45) is 4.99 Å². The second-order valence-corrected chi connectivity index (χ2v) is 9.52. The van der Waals surface area contributed by atoms with Crippen molar-refractivity contribution in [3.8, 4) is 0 Å². The second kappa shape index (κ2) is 7.36. The molecule has 10 heteroatoms. The third-order valence-electron chi connectivity index (χ3n) is 4.14. The smallest absolute Gasteiger partial charge is 0.248 e. The Hall–Kier alpha value is -1.94. The first-order chi connectivity index (χ1) is 12.2. The van der Waals surface area contributed by atoms with Gasteiger partial charge < -0.3 is 14.8 Å². The molecule has 2 aliphatic rings. The number of aliphatic imine (C=N–C) groups is 1. The van der Waals surface area contributed by atoms with Gasteiger partial charge in [-0.15, -0.1) is 0 Å². The van der Waals surface area contributed by atoms with Gasteiger partial charge in [-0.1, -0.05) is 17.8 Å². The van der Waals surface area contributed by atoms with E-state index < -0.39 is 33.6 Å². The summed E-state index contributed by atoms with van der Waals surface area (Å²) in [5.41, 5.74) is 0.434. The number of carbonyl (C=O) groups is 2.